The zero-order chi connectivity index (χ0) is 16.7. The average molecular weight is 438 g/mol. The molecule has 0 saturated carbocycles. The highest BCUT2D eigenvalue weighted by Crippen LogP contribution is 2.43. The van der Waals surface area contributed by atoms with E-state index < -0.39 is 11.9 Å². The van der Waals surface area contributed by atoms with Gasteiger partial charge in [-0.25, -0.2) is 9.59 Å². The van der Waals surface area contributed by atoms with Crippen molar-refractivity contribution in [3.63, 3.8) is 0 Å². The molecule has 0 atom stereocenters. The fourth-order valence-electron chi connectivity index (χ4n) is 1.47. The van der Waals surface area contributed by atoms with Crippen molar-refractivity contribution in [1.29, 1.82) is 0 Å². The van der Waals surface area contributed by atoms with Crippen LogP contribution in [0.4, 0.5) is 0 Å². The molecule has 1 N–H and O–H groups in total. The molecule has 0 aromatic heterocycles. The Morgan fingerprint density at radius 3 is 2.50 bits per heavy atom. The van der Waals surface area contributed by atoms with Crippen molar-refractivity contribution in [2.24, 2.45) is 0 Å². The molecular weight excluding hydrogens is 424 g/mol. The van der Waals surface area contributed by atoms with Gasteiger partial charge < -0.3 is 19.3 Å². The van der Waals surface area contributed by atoms with Crippen LogP contribution < -0.4 is 9.47 Å². The zero-order valence-corrected chi connectivity index (χ0v) is 15.1. The Labute approximate surface area is 144 Å². The number of carboxylic acids is 1. The Kier molecular flexibility index (Phi) is 7.40. The van der Waals surface area contributed by atoms with Gasteiger partial charge in [-0.2, -0.15) is 0 Å². The number of hydrogen-bond donors (Lipinski definition) is 1. The van der Waals surface area contributed by atoms with Crippen LogP contribution in [-0.2, 0) is 14.3 Å². The summed E-state index contributed by atoms with van der Waals surface area (Å²) in [5.41, 5.74) is 0.586. The maximum atomic E-state index is 11.2. The smallest absolute Gasteiger partial charge is 0.343 e. The fourth-order valence-corrected chi connectivity index (χ4v) is 2.44. The first kappa shape index (κ1) is 18.5. The molecule has 120 valence electrons. The summed E-state index contributed by atoms with van der Waals surface area (Å²) in [6.07, 6.45) is 2.43. The van der Waals surface area contributed by atoms with Gasteiger partial charge in [0.15, 0.2) is 18.1 Å². The maximum Gasteiger partial charge on any atom is 0.343 e. The van der Waals surface area contributed by atoms with E-state index in [4.69, 9.17) is 14.6 Å². The fraction of sp³-hybridized carbons (Fsp3) is 0.286. The SMILES string of the molecule is CCOc1cc(/C=C/C(=O)O)c(Br)c(Br)c1OCC(=O)OC. The minimum Gasteiger partial charge on any atom is -0.490 e. The number of hydrogen-bond acceptors (Lipinski definition) is 5. The lowest BCUT2D eigenvalue weighted by molar-refractivity contribution is -0.143. The van der Waals surface area contributed by atoms with Crippen molar-refractivity contribution in [3.8, 4) is 11.5 Å². The number of halogens is 2. The summed E-state index contributed by atoms with van der Waals surface area (Å²) in [6.45, 7) is 1.91. The van der Waals surface area contributed by atoms with Crippen LogP contribution in [0.3, 0.4) is 0 Å². The van der Waals surface area contributed by atoms with E-state index in [1.807, 2.05) is 0 Å². The minimum absolute atomic E-state index is 0.272. The molecule has 0 amide bonds. The molecule has 0 saturated heterocycles. The predicted octanol–water partition coefficient (Wildman–Crippen LogP) is 3.26. The maximum absolute atomic E-state index is 11.2. The average Bonchev–Trinajstić information content (AvgIpc) is 2.48. The van der Waals surface area contributed by atoms with Crippen LogP contribution in [-0.4, -0.2) is 37.4 Å². The first-order chi connectivity index (χ1) is 10.4. The molecule has 0 aliphatic rings. The molecule has 0 aliphatic heterocycles. The van der Waals surface area contributed by atoms with Gasteiger partial charge in [-0.15, -0.1) is 0 Å². The molecule has 0 bridgehead atoms. The van der Waals surface area contributed by atoms with E-state index in [1.54, 1.807) is 13.0 Å². The van der Waals surface area contributed by atoms with Crippen LogP contribution in [0.15, 0.2) is 21.1 Å². The molecule has 0 spiro atoms. The summed E-state index contributed by atoms with van der Waals surface area (Å²) in [7, 11) is 1.26. The van der Waals surface area contributed by atoms with Crippen molar-refractivity contribution in [2.75, 3.05) is 20.3 Å². The van der Waals surface area contributed by atoms with Crippen LogP contribution in [0.1, 0.15) is 12.5 Å². The zero-order valence-electron chi connectivity index (χ0n) is 11.9. The van der Waals surface area contributed by atoms with Gasteiger partial charge in [-0.05, 0) is 56.5 Å². The third-order valence-electron chi connectivity index (χ3n) is 2.42. The predicted molar refractivity (Wildman–Crippen MR) is 87.2 cm³/mol. The number of methoxy groups -OCH3 is 1. The van der Waals surface area contributed by atoms with E-state index in [9.17, 15) is 9.59 Å². The van der Waals surface area contributed by atoms with Crippen molar-refractivity contribution < 1.29 is 28.9 Å². The van der Waals surface area contributed by atoms with Gasteiger partial charge in [0.25, 0.3) is 0 Å². The van der Waals surface area contributed by atoms with E-state index in [-0.39, 0.29) is 6.61 Å². The highest BCUT2D eigenvalue weighted by molar-refractivity contribution is 9.13. The lowest BCUT2D eigenvalue weighted by atomic mass is 10.2. The summed E-state index contributed by atoms with van der Waals surface area (Å²) in [4.78, 5) is 21.8. The summed E-state index contributed by atoms with van der Waals surface area (Å²) in [5, 5.41) is 8.71. The first-order valence-corrected chi connectivity index (χ1v) is 7.74. The van der Waals surface area contributed by atoms with Crippen molar-refractivity contribution in [1.82, 2.24) is 0 Å². The Bertz CT molecular complexity index is 597. The van der Waals surface area contributed by atoms with Crippen LogP contribution >= 0.6 is 31.9 Å². The second-order valence-electron chi connectivity index (χ2n) is 3.89. The van der Waals surface area contributed by atoms with Crippen LogP contribution in [0, 0.1) is 0 Å². The quantitative estimate of drug-likeness (QED) is 0.520. The number of aliphatic carboxylic acids is 1. The van der Waals surface area contributed by atoms with Gasteiger partial charge in [-0.3, -0.25) is 0 Å². The third-order valence-corrected chi connectivity index (χ3v) is 4.57. The van der Waals surface area contributed by atoms with Gasteiger partial charge in [0.2, 0.25) is 0 Å². The Morgan fingerprint density at radius 1 is 1.27 bits per heavy atom. The number of rotatable bonds is 7. The molecule has 0 fully saturated rings. The van der Waals surface area contributed by atoms with E-state index in [1.165, 1.54) is 13.2 Å². The number of carbonyl (C=O) groups is 2. The molecular formula is C14H14Br2O6. The molecule has 0 heterocycles. The van der Waals surface area contributed by atoms with Gasteiger partial charge in [0.05, 0.1) is 18.2 Å². The largest absolute Gasteiger partial charge is 0.490 e. The molecule has 0 aliphatic carbocycles. The highest BCUT2D eigenvalue weighted by atomic mass is 79.9. The van der Waals surface area contributed by atoms with E-state index in [2.05, 4.69) is 36.6 Å². The molecule has 1 aromatic rings. The summed E-state index contributed by atoms with van der Waals surface area (Å²) in [6, 6.07) is 1.62. The number of benzene rings is 1. The van der Waals surface area contributed by atoms with E-state index >= 15 is 0 Å². The van der Waals surface area contributed by atoms with Gasteiger partial charge in [0.1, 0.15) is 0 Å². The second kappa shape index (κ2) is 8.79. The van der Waals surface area contributed by atoms with Gasteiger partial charge in [0, 0.05) is 10.5 Å². The molecule has 1 aromatic carbocycles. The lowest BCUT2D eigenvalue weighted by Crippen LogP contribution is -2.13. The van der Waals surface area contributed by atoms with Gasteiger partial charge in [-0.1, -0.05) is 0 Å². The third kappa shape index (κ3) is 5.03. The highest BCUT2D eigenvalue weighted by Gasteiger charge is 2.18. The minimum atomic E-state index is -1.06. The van der Waals surface area contributed by atoms with Crippen molar-refractivity contribution in [3.05, 3.63) is 26.7 Å². The molecule has 22 heavy (non-hydrogen) atoms. The Balaban J connectivity index is 3.22. The van der Waals surface area contributed by atoms with Crippen LogP contribution in [0.25, 0.3) is 6.08 Å². The normalized spacial score (nSPS) is 10.5. The van der Waals surface area contributed by atoms with E-state index in [0.717, 1.165) is 6.08 Å². The van der Waals surface area contributed by atoms with Crippen molar-refractivity contribution in [2.45, 2.75) is 6.92 Å². The molecule has 6 nitrogen and oxygen atoms in total. The molecule has 0 unspecified atom stereocenters. The molecule has 8 heteroatoms. The summed E-state index contributed by atoms with van der Waals surface area (Å²) < 4.78 is 16.5. The van der Waals surface area contributed by atoms with Crippen LogP contribution in [0.5, 0.6) is 11.5 Å². The van der Waals surface area contributed by atoms with E-state index in [0.29, 0.717) is 32.6 Å². The second-order valence-corrected chi connectivity index (χ2v) is 5.48. The topological polar surface area (TPSA) is 82.1 Å². The Morgan fingerprint density at radius 2 is 1.95 bits per heavy atom. The summed E-state index contributed by atoms with van der Waals surface area (Å²) in [5.74, 6) is -0.884. The lowest BCUT2D eigenvalue weighted by Gasteiger charge is -2.15. The summed E-state index contributed by atoms with van der Waals surface area (Å²) >= 11 is 6.69. The monoisotopic (exact) mass is 436 g/mol. The molecule has 1 rings (SSSR count). The number of carbonyl (C=O) groups excluding carboxylic acids is 1. The standard InChI is InChI=1S/C14H14Br2O6/c1-3-21-9-6-8(4-5-10(17)18)12(15)13(16)14(9)22-7-11(19)20-2/h4-6H,3,7H2,1-2H3,(H,17,18)/b5-4+. The number of esters is 1. The number of ether oxygens (including phenoxy) is 3. The van der Waals surface area contributed by atoms with Crippen molar-refractivity contribution >= 4 is 49.9 Å². The van der Waals surface area contributed by atoms with Gasteiger partial charge >= 0.3 is 11.9 Å². The molecule has 0 radical (unpaired) electrons. The Hall–Kier alpha value is -1.54. The first-order valence-electron chi connectivity index (χ1n) is 6.16. The number of carboxylic acid groups (broad SMARTS) is 1. The van der Waals surface area contributed by atoms with Crippen LogP contribution in [0.2, 0.25) is 0 Å².